The Labute approximate surface area is 166 Å². The summed E-state index contributed by atoms with van der Waals surface area (Å²) < 4.78 is 44.8. The number of rotatable bonds is 3. The van der Waals surface area contributed by atoms with Crippen molar-refractivity contribution in [3.63, 3.8) is 0 Å². The van der Waals surface area contributed by atoms with E-state index in [1.807, 2.05) is 24.3 Å². The van der Waals surface area contributed by atoms with Crippen LogP contribution in [-0.4, -0.2) is 12.5 Å². The minimum Gasteiger partial charge on any atom is -0.493 e. The number of carbonyl (C=O) groups is 1. The molecule has 0 saturated heterocycles. The Bertz CT molecular complexity index is 1020. The maximum absolute atomic E-state index is 13.0. The second-order valence-corrected chi connectivity index (χ2v) is 6.90. The van der Waals surface area contributed by atoms with Crippen molar-refractivity contribution in [2.24, 2.45) is 0 Å². The van der Waals surface area contributed by atoms with E-state index in [1.165, 1.54) is 12.1 Å². The van der Waals surface area contributed by atoms with Crippen LogP contribution in [0.4, 0.5) is 13.2 Å². The van der Waals surface area contributed by atoms with Crippen LogP contribution in [0.3, 0.4) is 0 Å². The van der Waals surface area contributed by atoms with Gasteiger partial charge >= 0.3 is 6.18 Å². The Morgan fingerprint density at radius 2 is 1.55 bits per heavy atom. The third-order valence-electron chi connectivity index (χ3n) is 5.15. The molecule has 0 saturated carbocycles. The van der Waals surface area contributed by atoms with E-state index in [2.05, 4.69) is 5.32 Å². The largest absolute Gasteiger partial charge is 0.493 e. The summed E-state index contributed by atoms with van der Waals surface area (Å²) in [5, 5.41) is 3.08. The molecule has 0 aliphatic carbocycles. The number of benzene rings is 3. The molecule has 0 spiro atoms. The fraction of sp³-hybridized carbons (Fsp3) is 0.174. The zero-order chi connectivity index (χ0) is 20.5. The Morgan fingerprint density at radius 1 is 0.897 bits per heavy atom. The van der Waals surface area contributed by atoms with E-state index in [-0.39, 0.29) is 5.91 Å². The number of halogens is 3. The predicted octanol–water partition coefficient (Wildman–Crippen LogP) is 5.16. The molecule has 0 bridgehead atoms. The quantitative estimate of drug-likeness (QED) is 0.663. The highest BCUT2D eigenvalue weighted by Gasteiger charge is 2.41. The summed E-state index contributed by atoms with van der Waals surface area (Å²) >= 11 is 0. The maximum atomic E-state index is 13.0. The van der Waals surface area contributed by atoms with Gasteiger partial charge in [0.05, 0.1) is 17.7 Å². The van der Waals surface area contributed by atoms with E-state index < -0.39 is 17.3 Å². The lowest BCUT2D eigenvalue weighted by molar-refractivity contribution is -0.137. The van der Waals surface area contributed by atoms with Crippen molar-refractivity contribution in [2.75, 3.05) is 6.61 Å². The molecule has 1 atom stereocenters. The van der Waals surface area contributed by atoms with Crippen LogP contribution >= 0.6 is 0 Å². The zero-order valence-electron chi connectivity index (χ0n) is 15.4. The van der Waals surface area contributed by atoms with Crippen LogP contribution in [0.25, 0.3) is 0 Å². The number of nitrogens with one attached hydrogen (secondary N) is 1. The van der Waals surface area contributed by atoms with Crippen molar-refractivity contribution in [1.29, 1.82) is 0 Å². The molecular weight excluding hydrogens is 379 g/mol. The van der Waals surface area contributed by atoms with Crippen molar-refractivity contribution in [1.82, 2.24) is 5.32 Å². The highest BCUT2D eigenvalue weighted by atomic mass is 19.4. The molecule has 29 heavy (non-hydrogen) atoms. The van der Waals surface area contributed by atoms with E-state index in [4.69, 9.17) is 4.74 Å². The van der Waals surface area contributed by atoms with Crippen molar-refractivity contribution in [3.8, 4) is 5.75 Å². The summed E-state index contributed by atoms with van der Waals surface area (Å²) in [5.74, 6) is 0.300. The van der Waals surface area contributed by atoms with Gasteiger partial charge < -0.3 is 10.1 Å². The van der Waals surface area contributed by atoms with Crippen molar-refractivity contribution in [3.05, 3.63) is 101 Å². The topological polar surface area (TPSA) is 38.3 Å². The predicted molar refractivity (Wildman–Crippen MR) is 103 cm³/mol. The Hall–Kier alpha value is -3.28. The Kier molecular flexibility index (Phi) is 4.78. The summed E-state index contributed by atoms with van der Waals surface area (Å²) in [6.07, 6.45) is -4.03. The lowest BCUT2D eigenvalue weighted by Gasteiger charge is -2.40. The van der Waals surface area contributed by atoms with E-state index in [1.54, 1.807) is 30.3 Å². The van der Waals surface area contributed by atoms with Gasteiger partial charge in [0.25, 0.3) is 5.91 Å². The zero-order valence-corrected chi connectivity index (χ0v) is 15.4. The number of para-hydroxylation sites is 1. The first-order valence-electron chi connectivity index (χ1n) is 9.18. The number of hydrogen-bond acceptors (Lipinski definition) is 2. The minimum atomic E-state index is -4.42. The molecule has 6 heteroatoms. The second kappa shape index (κ2) is 7.28. The van der Waals surface area contributed by atoms with Gasteiger partial charge in [-0.05, 0) is 35.9 Å². The molecule has 0 aromatic heterocycles. The monoisotopic (exact) mass is 397 g/mol. The summed E-state index contributed by atoms with van der Waals surface area (Å²) in [6.45, 7) is 0.326. The number of carbonyl (C=O) groups excluding carboxylic acids is 1. The van der Waals surface area contributed by atoms with Gasteiger partial charge in [0.2, 0.25) is 0 Å². The van der Waals surface area contributed by atoms with Gasteiger partial charge in [-0.3, -0.25) is 4.79 Å². The average molecular weight is 397 g/mol. The first-order valence-corrected chi connectivity index (χ1v) is 9.18. The SMILES string of the molecule is O=C(N[C@]1(c2ccc(C(F)(F)F)cc2)CCOc2ccccc21)c1ccccc1. The van der Waals surface area contributed by atoms with Crippen LogP contribution < -0.4 is 10.1 Å². The van der Waals surface area contributed by atoms with Gasteiger partial charge in [-0.25, -0.2) is 0 Å². The van der Waals surface area contributed by atoms with E-state index in [0.29, 0.717) is 29.9 Å². The molecule has 0 radical (unpaired) electrons. The fourth-order valence-electron chi connectivity index (χ4n) is 3.69. The molecule has 3 nitrogen and oxygen atoms in total. The van der Waals surface area contributed by atoms with Crippen LogP contribution in [0.5, 0.6) is 5.75 Å². The van der Waals surface area contributed by atoms with Gasteiger partial charge in [-0.15, -0.1) is 0 Å². The van der Waals surface area contributed by atoms with Gasteiger partial charge in [0.1, 0.15) is 5.75 Å². The molecule has 0 unspecified atom stereocenters. The third-order valence-corrected chi connectivity index (χ3v) is 5.15. The Morgan fingerprint density at radius 3 is 2.24 bits per heavy atom. The van der Waals surface area contributed by atoms with Crippen molar-refractivity contribution < 1.29 is 22.7 Å². The lowest BCUT2D eigenvalue weighted by Crippen LogP contribution is -2.49. The molecule has 4 rings (SSSR count). The number of fused-ring (bicyclic) bond motifs is 1. The first kappa shape index (κ1) is 19.1. The van der Waals surface area contributed by atoms with Crippen LogP contribution in [0.1, 0.15) is 33.5 Å². The molecule has 1 amide bonds. The van der Waals surface area contributed by atoms with Crippen molar-refractivity contribution >= 4 is 5.91 Å². The van der Waals surface area contributed by atoms with Crippen LogP contribution in [0, 0.1) is 0 Å². The average Bonchev–Trinajstić information content (AvgIpc) is 2.74. The summed E-state index contributed by atoms with van der Waals surface area (Å²) in [4.78, 5) is 13.0. The van der Waals surface area contributed by atoms with E-state index in [9.17, 15) is 18.0 Å². The van der Waals surface area contributed by atoms with E-state index >= 15 is 0 Å². The molecule has 3 aromatic carbocycles. The van der Waals surface area contributed by atoms with Gasteiger partial charge in [-0.2, -0.15) is 13.2 Å². The molecule has 1 aliphatic rings. The van der Waals surface area contributed by atoms with Crippen molar-refractivity contribution in [2.45, 2.75) is 18.1 Å². The van der Waals surface area contributed by atoms with Gasteiger partial charge in [0, 0.05) is 17.5 Å². The minimum absolute atomic E-state index is 0.304. The maximum Gasteiger partial charge on any atom is 0.416 e. The Balaban J connectivity index is 1.82. The molecule has 148 valence electrons. The van der Waals surface area contributed by atoms with Gasteiger partial charge in [-0.1, -0.05) is 48.5 Å². The molecule has 0 fully saturated rings. The molecule has 1 heterocycles. The van der Waals surface area contributed by atoms with Gasteiger partial charge in [0.15, 0.2) is 0 Å². The highest BCUT2D eigenvalue weighted by Crippen LogP contribution is 2.42. The normalized spacial score (nSPS) is 18.4. The smallest absolute Gasteiger partial charge is 0.416 e. The highest BCUT2D eigenvalue weighted by molar-refractivity contribution is 5.95. The third kappa shape index (κ3) is 3.58. The molecular formula is C23H18F3NO2. The van der Waals surface area contributed by atoms with Crippen LogP contribution in [0.2, 0.25) is 0 Å². The van der Waals surface area contributed by atoms with Crippen LogP contribution in [0.15, 0.2) is 78.9 Å². The molecule has 3 aromatic rings. The first-order chi connectivity index (χ1) is 13.9. The fourth-order valence-corrected chi connectivity index (χ4v) is 3.69. The summed E-state index contributed by atoms with van der Waals surface area (Å²) in [7, 11) is 0. The molecule has 1 N–H and O–H groups in total. The second-order valence-electron chi connectivity index (χ2n) is 6.90. The summed E-state index contributed by atoms with van der Waals surface area (Å²) in [5.41, 5.74) is 0.0426. The standard InChI is InChI=1S/C23H18F3NO2/c24-23(25,26)18-12-10-17(11-13-18)22(27-21(28)16-6-2-1-3-7-16)14-15-29-20-9-5-4-8-19(20)22/h1-13H,14-15H2,(H,27,28)/t22-/m0/s1. The van der Waals surface area contributed by atoms with E-state index in [0.717, 1.165) is 17.7 Å². The van der Waals surface area contributed by atoms with Crippen LogP contribution in [-0.2, 0) is 11.7 Å². The lowest BCUT2D eigenvalue weighted by atomic mass is 9.78. The summed E-state index contributed by atoms with van der Waals surface area (Å²) in [6, 6.07) is 20.9. The number of amides is 1. The molecule has 1 aliphatic heterocycles. The number of hydrogen-bond donors (Lipinski definition) is 1. The number of alkyl halides is 3. The number of ether oxygens (including phenoxy) is 1.